The van der Waals surface area contributed by atoms with Gasteiger partial charge in [-0.25, -0.2) is 4.79 Å². The van der Waals surface area contributed by atoms with E-state index in [1.807, 2.05) is 0 Å². The van der Waals surface area contributed by atoms with Gasteiger partial charge in [0, 0.05) is 11.5 Å². The van der Waals surface area contributed by atoms with E-state index in [9.17, 15) is 9.90 Å². The van der Waals surface area contributed by atoms with Gasteiger partial charge in [0.15, 0.2) is 11.5 Å². The summed E-state index contributed by atoms with van der Waals surface area (Å²) in [6, 6.07) is 4.95. The van der Waals surface area contributed by atoms with Gasteiger partial charge in [0.1, 0.15) is 6.10 Å². The third-order valence-corrected chi connectivity index (χ3v) is 6.59. The second kappa shape index (κ2) is 5.83. The smallest absolute Gasteiger partial charge is 0.331 e. The second-order valence-corrected chi connectivity index (χ2v) is 7.80. The largest absolute Gasteiger partial charge is 0.504 e. The predicted octanol–water partition coefficient (Wildman–Crippen LogP) is 4.17. The lowest BCUT2D eigenvalue weighted by Crippen LogP contribution is -2.38. The van der Waals surface area contributed by atoms with Gasteiger partial charge < -0.3 is 14.6 Å². The zero-order valence-electron chi connectivity index (χ0n) is 14.8. The fraction of sp³-hybridized carbons (Fsp3) is 0.550. The number of hydrogen-bond acceptors (Lipinski definition) is 4. The molecule has 2 bridgehead atoms. The topological polar surface area (TPSA) is 55.8 Å². The molecule has 2 aliphatic rings. The van der Waals surface area contributed by atoms with E-state index in [0.717, 1.165) is 18.4 Å². The maximum absolute atomic E-state index is 12.2. The van der Waals surface area contributed by atoms with Crippen molar-refractivity contribution in [2.45, 2.75) is 46.1 Å². The first-order chi connectivity index (χ1) is 11.3. The van der Waals surface area contributed by atoms with Crippen molar-refractivity contribution in [3.63, 3.8) is 0 Å². The molecular formula is C20H26O4. The van der Waals surface area contributed by atoms with Gasteiger partial charge in [-0.1, -0.05) is 26.8 Å². The molecule has 3 atom stereocenters. The third kappa shape index (κ3) is 2.58. The van der Waals surface area contributed by atoms with Gasteiger partial charge in [-0.2, -0.15) is 0 Å². The van der Waals surface area contributed by atoms with Crippen LogP contribution in [-0.4, -0.2) is 24.3 Å². The summed E-state index contributed by atoms with van der Waals surface area (Å²) in [5, 5.41) is 9.60. The summed E-state index contributed by atoms with van der Waals surface area (Å²) >= 11 is 0. The molecule has 1 aromatic carbocycles. The fourth-order valence-corrected chi connectivity index (χ4v) is 4.45. The summed E-state index contributed by atoms with van der Waals surface area (Å²) in [6.45, 7) is 6.86. The molecule has 0 aliphatic heterocycles. The van der Waals surface area contributed by atoms with Crippen LogP contribution in [0.3, 0.4) is 0 Å². The highest BCUT2D eigenvalue weighted by atomic mass is 16.5. The highest BCUT2D eigenvalue weighted by Crippen LogP contribution is 2.66. The molecule has 0 amide bonds. The van der Waals surface area contributed by atoms with E-state index in [4.69, 9.17) is 9.47 Å². The molecule has 2 fully saturated rings. The molecule has 1 aromatic rings. The molecule has 2 saturated carbocycles. The summed E-state index contributed by atoms with van der Waals surface area (Å²) in [5.74, 6) is 0.796. The van der Waals surface area contributed by atoms with Crippen LogP contribution >= 0.6 is 0 Å². The van der Waals surface area contributed by atoms with E-state index in [-0.39, 0.29) is 28.7 Å². The Morgan fingerprint density at radius 2 is 2.08 bits per heavy atom. The number of aromatic hydroxyl groups is 1. The van der Waals surface area contributed by atoms with Crippen molar-refractivity contribution in [2.24, 2.45) is 16.7 Å². The van der Waals surface area contributed by atoms with Crippen molar-refractivity contribution in [1.29, 1.82) is 0 Å². The Labute approximate surface area is 143 Å². The Morgan fingerprint density at radius 3 is 2.67 bits per heavy atom. The Kier molecular flexibility index (Phi) is 4.10. The van der Waals surface area contributed by atoms with Crippen LogP contribution in [0.15, 0.2) is 24.3 Å². The molecule has 4 heteroatoms. The first-order valence-corrected chi connectivity index (χ1v) is 8.53. The van der Waals surface area contributed by atoms with Crippen LogP contribution < -0.4 is 4.74 Å². The molecule has 0 radical (unpaired) electrons. The van der Waals surface area contributed by atoms with Crippen LogP contribution in [0.25, 0.3) is 6.08 Å². The van der Waals surface area contributed by atoms with Crippen molar-refractivity contribution in [2.75, 3.05) is 7.11 Å². The van der Waals surface area contributed by atoms with Crippen molar-refractivity contribution in [1.82, 2.24) is 0 Å². The van der Waals surface area contributed by atoms with Crippen molar-refractivity contribution in [3.8, 4) is 11.5 Å². The fourth-order valence-electron chi connectivity index (χ4n) is 4.45. The number of phenolic OH excluding ortho intramolecular Hbond substituents is 1. The zero-order valence-corrected chi connectivity index (χ0v) is 14.8. The van der Waals surface area contributed by atoms with Gasteiger partial charge in [-0.05, 0) is 54.4 Å². The number of hydrogen-bond donors (Lipinski definition) is 1. The van der Waals surface area contributed by atoms with Crippen molar-refractivity contribution in [3.05, 3.63) is 29.8 Å². The first kappa shape index (κ1) is 16.9. The molecular weight excluding hydrogens is 304 g/mol. The van der Waals surface area contributed by atoms with E-state index in [2.05, 4.69) is 20.8 Å². The van der Waals surface area contributed by atoms with Gasteiger partial charge in [0.25, 0.3) is 0 Å². The Balaban J connectivity index is 1.67. The normalized spacial score (nSPS) is 30.7. The van der Waals surface area contributed by atoms with Crippen LogP contribution in [0.2, 0.25) is 0 Å². The minimum atomic E-state index is -0.309. The Morgan fingerprint density at radius 1 is 1.33 bits per heavy atom. The van der Waals surface area contributed by atoms with E-state index < -0.39 is 0 Å². The number of ether oxygens (including phenoxy) is 2. The summed E-state index contributed by atoms with van der Waals surface area (Å²) < 4.78 is 10.8. The van der Waals surface area contributed by atoms with Crippen LogP contribution in [0.4, 0.5) is 0 Å². The van der Waals surface area contributed by atoms with E-state index in [1.165, 1.54) is 19.6 Å². The van der Waals surface area contributed by atoms with Crippen LogP contribution in [-0.2, 0) is 9.53 Å². The van der Waals surface area contributed by atoms with Crippen LogP contribution in [0, 0.1) is 16.7 Å². The van der Waals surface area contributed by atoms with E-state index in [1.54, 1.807) is 24.3 Å². The van der Waals surface area contributed by atoms with Crippen molar-refractivity contribution >= 4 is 12.0 Å². The van der Waals surface area contributed by atoms with Crippen molar-refractivity contribution < 1.29 is 19.4 Å². The van der Waals surface area contributed by atoms with E-state index >= 15 is 0 Å². The lowest BCUT2D eigenvalue weighted by molar-refractivity contribution is -0.150. The SMILES string of the molecule is COc1cc(/C=C/C(=O)O[C@@H]2C[C@@H]3CC[C@]2(C)C3(C)C)ccc1O. The standard InChI is InChI=1S/C20H26O4/c1-19(2)14-9-10-20(19,3)17(12-14)24-18(22)8-6-13-5-7-15(21)16(11-13)23-4/h5-8,11,14,17,21H,9-10,12H2,1-4H3/b8-6+/t14-,17+,20-/m0/s1. The average molecular weight is 330 g/mol. The van der Waals surface area contributed by atoms with Gasteiger partial charge >= 0.3 is 5.97 Å². The molecule has 0 aromatic heterocycles. The minimum absolute atomic E-state index is 0.00208. The average Bonchev–Trinajstić information content (AvgIpc) is 2.87. The third-order valence-electron chi connectivity index (χ3n) is 6.59. The van der Waals surface area contributed by atoms with Crippen LogP contribution in [0.5, 0.6) is 11.5 Å². The summed E-state index contributed by atoms with van der Waals surface area (Å²) in [7, 11) is 1.49. The molecule has 24 heavy (non-hydrogen) atoms. The minimum Gasteiger partial charge on any atom is -0.504 e. The summed E-state index contributed by atoms with van der Waals surface area (Å²) in [5.41, 5.74) is 1.08. The number of benzene rings is 1. The molecule has 4 nitrogen and oxygen atoms in total. The monoisotopic (exact) mass is 330 g/mol. The van der Waals surface area contributed by atoms with Crippen LogP contribution in [0.1, 0.15) is 45.6 Å². The van der Waals surface area contributed by atoms with Gasteiger partial charge in [-0.15, -0.1) is 0 Å². The Hall–Kier alpha value is -1.97. The summed E-state index contributed by atoms with van der Waals surface area (Å²) in [4.78, 5) is 12.2. The summed E-state index contributed by atoms with van der Waals surface area (Å²) in [6.07, 6.45) is 6.47. The first-order valence-electron chi connectivity index (χ1n) is 8.53. The van der Waals surface area contributed by atoms with Gasteiger partial charge in [0.2, 0.25) is 0 Å². The number of phenols is 1. The number of carbonyl (C=O) groups excluding carboxylic acids is 1. The molecule has 0 saturated heterocycles. The maximum Gasteiger partial charge on any atom is 0.331 e. The van der Waals surface area contributed by atoms with Gasteiger partial charge in [0.05, 0.1) is 7.11 Å². The maximum atomic E-state index is 12.2. The molecule has 0 spiro atoms. The molecule has 1 N–H and O–H groups in total. The molecule has 2 aliphatic carbocycles. The number of carbonyl (C=O) groups is 1. The van der Waals surface area contributed by atoms with Gasteiger partial charge in [-0.3, -0.25) is 0 Å². The molecule has 0 heterocycles. The number of fused-ring (bicyclic) bond motifs is 2. The number of methoxy groups -OCH3 is 1. The Bertz CT molecular complexity index is 676. The number of rotatable bonds is 4. The highest BCUT2D eigenvalue weighted by molar-refractivity contribution is 5.87. The number of esters is 1. The predicted molar refractivity (Wildman–Crippen MR) is 92.8 cm³/mol. The molecule has 0 unspecified atom stereocenters. The molecule has 130 valence electrons. The van der Waals surface area contributed by atoms with E-state index in [0.29, 0.717) is 11.7 Å². The lowest BCUT2D eigenvalue weighted by Gasteiger charge is -2.38. The highest BCUT2D eigenvalue weighted by Gasteiger charge is 2.62. The zero-order chi connectivity index (χ0) is 17.5. The lowest BCUT2D eigenvalue weighted by atomic mass is 9.70. The quantitative estimate of drug-likeness (QED) is 0.665. The molecule has 3 rings (SSSR count). The second-order valence-electron chi connectivity index (χ2n) is 7.80.